The lowest BCUT2D eigenvalue weighted by Crippen LogP contribution is -2.39. The average Bonchev–Trinajstić information content (AvgIpc) is 2.95. The van der Waals surface area contributed by atoms with Gasteiger partial charge in [0.1, 0.15) is 11.5 Å². The molecule has 0 bridgehead atoms. The second kappa shape index (κ2) is 12.5. The molecule has 3 aromatic rings. The van der Waals surface area contributed by atoms with E-state index in [1.165, 1.54) is 13.0 Å². The van der Waals surface area contributed by atoms with Crippen molar-refractivity contribution >= 4 is 23.3 Å². The molecule has 0 unspecified atom stereocenters. The van der Waals surface area contributed by atoms with Crippen molar-refractivity contribution < 1.29 is 22.8 Å². The van der Waals surface area contributed by atoms with Crippen molar-refractivity contribution in [3.8, 4) is 0 Å². The fourth-order valence-corrected chi connectivity index (χ4v) is 4.86. The van der Waals surface area contributed by atoms with Gasteiger partial charge in [-0.2, -0.15) is 13.2 Å². The molecule has 212 valence electrons. The second-order valence-corrected chi connectivity index (χ2v) is 10.4. The Kier molecular flexibility index (Phi) is 9.07. The van der Waals surface area contributed by atoms with Crippen molar-refractivity contribution in [1.82, 2.24) is 14.9 Å². The van der Waals surface area contributed by atoms with Crippen LogP contribution in [0.1, 0.15) is 54.0 Å². The van der Waals surface area contributed by atoms with Gasteiger partial charge in [-0.3, -0.25) is 9.59 Å². The van der Waals surface area contributed by atoms with E-state index in [9.17, 15) is 22.8 Å². The van der Waals surface area contributed by atoms with Crippen LogP contribution in [-0.4, -0.2) is 52.9 Å². The summed E-state index contributed by atoms with van der Waals surface area (Å²) >= 11 is 0. The number of amides is 2. The molecular weight excluding hydrogens is 519 g/mol. The van der Waals surface area contributed by atoms with E-state index < -0.39 is 17.8 Å². The van der Waals surface area contributed by atoms with E-state index >= 15 is 0 Å². The standard InChI is InChI=1S/C30H34F3N5O2/c1-21(2)19-28(39)38-16-8-15-36(27-11-6-7-14-34-27)17-18-37(20-23-9-4-5-10-25(23)38)29(40)24-12-13-26(30(31,32)33)35-22(24)3/h4-7,9-14,21H,8,15-20H2,1-3H3. The zero-order valence-corrected chi connectivity index (χ0v) is 23.0. The highest BCUT2D eigenvalue weighted by Gasteiger charge is 2.33. The summed E-state index contributed by atoms with van der Waals surface area (Å²) in [5.41, 5.74) is 0.608. The Hall–Kier alpha value is -3.95. The number of rotatable bonds is 4. The molecule has 1 aliphatic rings. The first-order valence-corrected chi connectivity index (χ1v) is 13.4. The minimum absolute atomic E-state index is 0.00624. The molecule has 1 aromatic carbocycles. The summed E-state index contributed by atoms with van der Waals surface area (Å²) in [7, 11) is 0. The zero-order valence-electron chi connectivity index (χ0n) is 23.0. The van der Waals surface area contributed by atoms with Gasteiger partial charge in [0, 0.05) is 51.0 Å². The van der Waals surface area contributed by atoms with Crippen molar-refractivity contribution in [3.63, 3.8) is 0 Å². The van der Waals surface area contributed by atoms with E-state index in [1.54, 1.807) is 16.0 Å². The molecule has 2 aromatic heterocycles. The molecule has 0 saturated heterocycles. The van der Waals surface area contributed by atoms with E-state index in [1.807, 2.05) is 56.3 Å². The lowest BCUT2D eigenvalue weighted by atomic mass is 10.1. The molecule has 0 saturated carbocycles. The van der Waals surface area contributed by atoms with Gasteiger partial charge >= 0.3 is 6.18 Å². The lowest BCUT2D eigenvalue weighted by Gasteiger charge is -2.29. The van der Waals surface area contributed by atoms with Crippen molar-refractivity contribution in [2.24, 2.45) is 5.92 Å². The third-order valence-electron chi connectivity index (χ3n) is 6.84. The lowest BCUT2D eigenvalue weighted by molar-refractivity contribution is -0.141. The summed E-state index contributed by atoms with van der Waals surface area (Å²) in [6, 6.07) is 15.1. The van der Waals surface area contributed by atoms with Crippen LogP contribution in [0.5, 0.6) is 0 Å². The minimum Gasteiger partial charge on any atom is -0.355 e. The molecule has 1 aliphatic heterocycles. The topological polar surface area (TPSA) is 69.6 Å². The maximum atomic E-state index is 13.8. The third kappa shape index (κ3) is 6.97. The number of benzene rings is 1. The van der Waals surface area contributed by atoms with Crippen LogP contribution in [0.15, 0.2) is 60.8 Å². The van der Waals surface area contributed by atoms with E-state index in [4.69, 9.17) is 0 Å². The van der Waals surface area contributed by atoms with Gasteiger partial charge in [-0.1, -0.05) is 38.1 Å². The molecular formula is C30H34F3N5O2. The SMILES string of the molecule is Cc1nc(C(F)(F)F)ccc1C(=O)N1CCN(c2ccccn2)CCCN(C(=O)CC(C)C)c2ccccc2C1. The Balaban J connectivity index is 1.74. The van der Waals surface area contributed by atoms with E-state index in [0.29, 0.717) is 39.0 Å². The number of hydrogen-bond acceptors (Lipinski definition) is 5. The first kappa shape index (κ1) is 29.0. The van der Waals surface area contributed by atoms with Crippen molar-refractivity contribution in [2.75, 3.05) is 36.0 Å². The van der Waals surface area contributed by atoms with E-state index in [-0.39, 0.29) is 29.6 Å². The number of nitrogens with zero attached hydrogens (tertiary/aromatic N) is 5. The molecule has 40 heavy (non-hydrogen) atoms. The fourth-order valence-electron chi connectivity index (χ4n) is 4.86. The molecule has 0 spiro atoms. The molecule has 0 radical (unpaired) electrons. The number of aryl methyl sites for hydroxylation is 1. The molecule has 0 fully saturated rings. The Morgan fingerprint density at radius 2 is 1.70 bits per heavy atom. The largest absolute Gasteiger partial charge is 0.433 e. The van der Waals surface area contributed by atoms with Crippen molar-refractivity contribution in [3.05, 3.63) is 83.3 Å². The van der Waals surface area contributed by atoms with Gasteiger partial charge in [-0.25, -0.2) is 9.97 Å². The normalized spacial score (nSPS) is 15.0. The molecule has 2 amide bonds. The first-order chi connectivity index (χ1) is 19.0. The fraction of sp³-hybridized carbons (Fsp3) is 0.400. The minimum atomic E-state index is -4.60. The second-order valence-electron chi connectivity index (χ2n) is 10.4. The molecule has 4 rings (SSSR count). The molecule has 10 heteroatoms. The van der Waals surface area contributed by atoms with Crippen LogP contribution in [0.2, 0.25) is 0 Å². The number of para-hydroxylation sites is 1. The van der Waals surface area contributed by atoms with Crippen LogP contribution in [0.4, 0.5) is 24.7 Å². The monoisotopic (exact) mass is 553 g/mol. The Morgan fingerprint density at radius 3 is 2.38 bits per heavy atom. The van der Waals surface area contributed by atoms with Crippen LogP contribution < -0.4 is 9.80 Å². The van der Waals surface area contributed by atoms with Gasteiger partial charge in [0.25, 0.3) is 5.91 Å². The Labute approximate surface area is 232 Å². The van der Waals surface area contributed by atoms with Gasteiger partial charge in [0.15, 0.2) is 0 Å². The van der Waals surface area contributed by atoms with Gasteiger partial charge in [0.2, 0.25) is 5.91 Å². The number of carbonyl (C=O) groups excluding carboxylic acids is 2. The number of alkyl halides is 3. The highest BCUT2D eigenvalue weighted by atomic mass is 19.4. The average molecular weight is 554 g/mol. The maximum Gasteiger partial charge on any atom is 0.433 e. The highest BCUT2D eigenvalue weighted by molar-refractivity contribution is 5.96. The Morgan fingerprint density at radius 1 is 0.950 bits per heavy atom. The predicted octanol–water partition coefficient (Wildman–Crippen LogP) is 5.74. The number of aromatic nitrogens is 2. The van der Waals surface area contributed by atoms with Crippen LogP contribution in [0, 0.1) is 12.8 Å². The smallest absolute Gasteiger partial charge is 0.355 e. The molecule has 7 nitrogen and oxygen atoms in total. The summed E-state index contributed by atoms with van der Waals surface area (Å²) < 4.78 is 39.7. The predicted molar refractivity (Wildman–Crippen MR) is 148 cm³/mol. The van der Waals surface area contributed by atoms with Gasteiger partial charge < -0.3 is 14.7 Å². The van der Waals surface area contributed by atoms with Gasteiger partial charge in [-0.05, 0) is 55.2 Å². The first-order valence-electron chi connectivity index (χ1n) is 13.4. The zero-order chi connectivity index (χ0) is 28.9. The highest BCUT2D eigenvalue weighted by Crippen LogP contribution is 2.29. The van der Waals surface area contributed by atoms with Gasteiger partial charge in [-0.15, -0.1) is 0 Å². The van der Waals surface area contributed by atoms with E-state index in [0.717, 1.165) is 23.1 Å². The van der Waals surface area contributed by atoms with Crippen molar-refractivity contribution in [2.45, 2.75) is 46.3 Å². The van der Waals surface area contributed by atoms with Crippen LogP contribution in [0.3, 0.4) is 0 Å². The number of halogens is 3. The van der Waals surface area contributed by atoms with Crippen LogP contribution in [-0.2, 0) is 17.5 Å². The molecule has 0 aliphatic carbocycles. The summed E-state index contributed by atoms with van der Waals surface area (Å²) in [4.78, 5) is 40.9. The summed E-state index contributed by atoms with van der Waals surface area (Å²) in [5, 5.41) is 0. The number of fused-ring (bicyclic) bond motifs is 1. The summed E-state index contributed by atoms with van der Waals surface area (Å²) in [6.45, 7) is 7.45. The Bertz CT molecular complexity index is 1330. The summed E-state index contributed by atoms with van der Waals surface area (Å²) in [6.07, 6.45) is -1.83. The van der Waals surface area contributed by atoms with Crippen LogP contribution >= 0.6 is 0 Å². The van der Waals surface area contributed by atoms with E-state index in [2.05, 4.69) is 14.9 Å². The molecule has 3 heterocycles. The maximum absolute atomic E-state index is 13.8. The van der Waals surface area contributed by atoms with Crippen LogP contribution in [0.25, 0.3) is 0 Å². The van der Waals surface area contributed by atoms with Gasteiger partial charge in [0.05, 0.1) is 11.3 Å². The number of pyridine rings is 2. The van der Waals surface area contributed by atoms with Crippen molar-refractivity contribution in [1.29, 1.82) is 0 Å². The quantitative estimate of drug-likeness (QED) is 0.413. The molecule has 0 atom stereocenters. The number of carbonyl (C=O) groups is 2. The third-order valence-corrected chi connectivity index (χ3v) is 6.84. The number of anilines is 2. The summed E-state index contributed by atoms with van der Waals surface area (Å²) in [5.74, 6) is 0.510. The molecule has 0 N–H and O–H groups in total. The number of hydrogen-bond donors (Lipinski definition) is 0.